The normalized spacial score (nSPS) is 13.2. The van der Waals surface area contributed by atoms with Gasteiger partial charge in [0.25, 0.3) is 0 Å². The van der Waals surface area contributed by atoms with Crippen molar-refractivity contribution in [2.24, 2.45) is 0 Å². The molecule has 8 heavy (non-hydrogen) atoms. The fourth-order valence-electron chi connectivity index (χ4n) is 0.488. The van der Waals surface area contributed by atoms with Crippen molar-refractivity contribution in [2.45, 2.75) is 26.4 Å². The molecule has 0 aromatic heterocycles. The second-order valence-electron chi connectivity index (χ2n) is 1.67. The third-order valence-corrected chi connectivity index (χ3v) is 0.879. The van der Waals surface area contributed by atoms with Crippen molar-refractivity contribution < 1.29 is 9.53 Å². The molecule has 0 aliphatic heterocycles. The maximum Gasteiger partial charge on any atom is 0.122 e. The maximum absolute atomic E-state index is 9.81. The topological polar surface area (TPSA) is 26.3 Å². The van der Waals surface area contributed by atoms with Gasteiger partial charge in [0.1, 0.15) is 6.29 Å². The first-order valence-corrected chi connectivity index (χ1v) is 2.86. The van der Waals surface area contributed by atoms with E-state index in [1.807, 2.05) is 13.8 Å². The van der Waals surface area contributed by atoms with E-state index in [0.717, 1.165) is 6.29 Å². The first-order valence-electron chi connectivity index (χ1n) is 2.86. The Labute approximate surface area is 49.8 Å². The van der Waals surface area contributed by atoms with Crippen LogP contribution in [0.25, 0.3) is 0 Å². The van der Waals surface area contributed by atoms with Crippen LogP contribution in [-0.2, 0) is 9.53 Å². The number of carbonyl (C=O) groups is 1. The van der Waals surface area contributed by atoms with Gasteiger partial charge in [0, 0.05) is 13.0 Å². The molecule has 0 aliphatic rings. The third kappa shape index (κ3) is 3.81. The van der Waals surface area contributed by atoms with Gasteiger partial charge < -0.3 is 9.53 Å². The first kappa shape index (κ1) is 7.63. The zero-order valence-electron chi connectivity index (χ0n) is 5.39. The van der Waals surface area contributed by atoms with Crippen LogP contribution in [0.4, 0.5) is 0 Å². The predicted octanol–water partition coefficient (Wildman–Crippen LogP) is 1.00. The summed E-state index contributed by atoms with van der Waals surface area (Å²) in [5, 5.41) is 0. The van der Waals surface area contributed by atoms with Crippen LogP contribution < -0.4 is 0 Å². The Hall–Kier alpha value is -0.370. The van der Waals surface area contributed by atoms with Crippen LogP contribution in [0, 0.1) is 0 Å². The average Bonchev–Trinajstić information content (AvgIpc) is 1.68. The van der Waals surface area contributed by atoms with Gasteiger partial charge in [0.05, 0.1) is 6.10 Å². The summed E-state index contributed by atoms with van der Waals surface area (Å²) in [6.07, 6.45) is 1.48. The van der Waals surface area contributed by atoms with Gasteiger partial charge in [-0.2, -0.15) is 0 Å². The molecule has 0 N–H and O–H groups in total. The Morgan fingerprint density at radius 2 is 2.38 bits per heavy atom. The SMILES string of the molecule is CCO[C@H](C)CC=O. The molecule has 2 heteroatoms. The molecule has 0 spiro atoms. The summed E-state index contributed by atoms with van der Waals surface area (Å²) >= 11 is 0. The van der Waals surface area contributed by atoms with E-state index in [2.05, 4.69) is 0 Å². The molecule has 0 unspecified atom stereocenters. The van der Waals surface area contributed by atoms with Crippen LogP contribution in [0.15, 0.2) is 0 Å². The van der Waals surface area contributed by atoms with E-state index in [1.54, 1.807) is 0 Å². The van der Waals surface area contributed by atoms with Crippen molar-refractivity contribution in [1.29, 1.82) is 0 Å². The van der Waals surface area contributed by atoms with Crippen LogP contribution in [0.5, 0.6) is 0 Å². The summed E-state index contributed by atoms with van der Waals surface area (Å²) in [5.41, 5.74) is 0. The lowest BCUT2D eigenvalue weighted by atomic mass is 10.3. The van der Waals surface area contributed by atoms with Gasteiger partial charge in [0.2, 0.25) is 0 Å². The monoisotopic (exact) mass is 116 g/mol. The lowest BCUT2D eigenvalue weighted by Gasteiger charge is -2.05. The van der Waals surface area contributed by atoms with Crippen molar-refractivity contribution in [3.05, 3.63) is 0 Å². The molecule has 0 rings (SSSR count). The molecule has 0 radical (unpaired) electrons. The van der Waals surface area contributed by atoms with Crippen molar-refractivity contribution in [3.63, 3.8) is 0 Å². The molecule has 0 amide bonds. The molecular weight excluding hydrogens is 104 g/mol. The van der Waals surface area contributed by atoms with Crippen LogP contribution in [0.2, 0.25) is 0 Å². The number of hydrogen-bond donors (Lipinski definition) is 0. The van der Waals surface area contributed by atoms with E-state index in [4.69, 9.17) is 4.74 Å². The summed E-state index contributed by atoms with van der Waals surface area (Å²) in [5.74, 6) is 0. The second kappa shape index (κ2) is 4.78. The standard InChI is InChI=1S/C6H12O2/c1-3-8-6(2)4-5-7/h5-6H,3-4H2,1-2H3/t6-/m1/s1. The number of hydrogen-bond acceptors (Lipinski definition) is 2. The first-order chi connectivity index (χ1) is 3.81. The second-order valence-corrected chi connectivity index (χ2v) is 1.67. The number of rotatable bonds is 4. The van der Waals surface area contributed by atoms with Crippen molar-refractivity contribution >= 4 is 6.29 Å². The molecule has 0 saturated heterocycles. The van der Waals surface area contributed by atoms with E-state index in [9.17, 15) is 4.79 Å². The molecule has 0 saturated carbocycles. The van der Waals surface area contributed by atoms with E-state index in [0.29, 0.717) is 13.0 Å². The smallest absolute Gasteiger partial charge is 0.122 e. The average molecular weight is 116 g/mol. The fraction of sp³-hybridized carbons (Fsp3) is 0.833. The zero-order valence-corrected chi connectivity index (χ0v) is 5.39. The lowest BCUT2D eigenvalue weighted by molar-refractivity contribution is -0.110. The molecule has 0 bridgehead atoms. The van der Waals surface area contributed by atoms with E-state index < -0.39 is 0 Å². The quantitative estimate of drug-likeness (QED) is 0.512. The summed E-state index contributed by atoms with van der Waals surface area (Å²) in [6.45, 7) is 4.49. The Bertz CT molecular complexity index is 61.5. The highest BCUT2D eigenvalue weighted by Crippen LogP contribution is 1.91. The molecule has 0 heterocycles. The van der Waals surface area contributed by atoms with Gasteiger partial charge in [-0.25, -0.2) is 0 Å². The Morgan fingerprint density at radius 1 is 1.75 bits per heavy atom. The van der Waals surface area contributed by atoms with Gasteiger partial charge in [-0.3, -0.25) is 0 Å². The molecular formula is C6H12O2. The molecule has 2 nitrogen and oxygen atoms in total. The molecule has 0 aromatic carbocycles. The van der Waals surface area contributed by atoms with Crippen molar-refractivity contribution in [2.75, 3.05) is 6.61 Å². The van der Waals surface area contributed by atoms with E-state index in [1.165, 1.54) is 0 Å². The van der Waals surface area contributed by atoms with Crippen LogP contribution >= 0.6 is 0 Å². The molecule has 0 aliphatic carbocycles. The van der Waals surface area contributed by atoms with E-state index in [-0.39, 0.29) is 6.10 Å². The van der Waals surface area contributed by atoms with Crippen LogP contribution in [0.3, 0.4) is 0 Å². The zero-order chi connectivity index (χ0) is 6.41. The fourth-order valence-corrected chi connectivity index (χ4v) is 0.488. The predicted molar refractivity (Wildman–Crippen MR) is 31.8 cm³/mol. The molecule has 0 aromatic rings. The largest absolute Gasteiger partial charge is 0.378 e. The minimum absolute atomic E-state index is 0.0949. The van der Waals surface area contributed by atoms with Gasteiger partial charge in [-0.1, -0.05) is 0 Å². The van der Waals surface area contributed by atoms with Crippen LogP contribution in [-0.4, -0.2) is 19.0 Å². The number of carbonyl (C=O) groups excluding carboxylic acids is 1. The minimum Gasteiger partial charge on any atom is -0.378 e. The number of aldehydes is 1. The molecule has 0 fully saturated rings. The third-order valence-electron chi connectivity index (χ3n) is 0.879. The van der Waals surface area contributed by atoms with Gasteiger partial charge in [0.15, 0.2) is 0 Å². The molecule has 48 valence electrons. The summed E-state index contributed by atoms with van der Waals surface area (Å²) in [7, 11) is 0. The van der Waals surface area contributed by atoms with Crippen molar-refractivity contribution in [3.8, 4) is 0 Å². The number of ether oxygens (including phenoxy) is 1. The lowest BCUT2D eigenvalue weighted by Crippen LogP contribution is -2.07. The van der Waals surface area contributed by atoms with Gasteiger partial charge in [-0.05, 0) is 13.8 Å². The highest BCUT2D eigenvalue weighted by Gasteiger charge is 1.95. The highest BCUT2D eigenvalue weighted by atomic mass is 16.5. The highest BCUT2D eigenvalue weighted by molar-refractivity contribution is 5.49. The van der Waals surface area contributed by atoms with Gasteiger partial charge >= 0.3 is 0 Å². The molecule has 1 atom stereocenters. The maximum atomic E-state index is 9.81. The van der Waals surface area contributed by atoms with Crippen LogP contribution in [0.1, 0.15) is 20.3 Å². The Kier molecular flexibility index (Phi) is 4.56. The minimum atomic E-state index is 0.0949. The van der Waals surface area contributed by atoms with E-state index >= 15 is 0 Å². The Morgan fingerprint density at radius 3 is 2.75 bits per heavy atom. The Balaban J connectivity index is 3.03. The summed E-state index contributed by atoms with van der Waals surface area (Å²) in [4.78, 5) is 9.81. The summed E-state index contributed by atoms with van der Waals surface area (Å²) in [6, 6.07) is 0. The van der Waals surface area contributed by atoms with Crippen molar-refractivity contribution in [1.82, 2.24) is 0 Å². The summed E-state index contributed by atoms with van der Waals surface area (Å²) < 4.78 is 5.05. The van der Waals surface area contributed by atoms with Gasteiger partial charge in [-0.15, -0.1) is 0 Å².